The van der Waals surface area contributed by atoms with E-state index in [0.29, 0.717) is 0 Å². The summed E-state index contributed by atoms with van der Waals surface area (Å²) in [4.78, 5) is 8.58. The molecule has 0 fully saturated rings. The molecule has 5 nitrogen and oxygen atoms in total. The molecule has 2 rings (SSSR count). The Morgan fingerprint density at radius 3 is 2.38 bits per heavy atom. The van der Waals surface area contributed by atoms with Crippen molar-refractivity contribution in [1.82, 2.24) is 9.97 Å². The summed E-state index contributed by atoms with van der Waals surface area (Å²) in [5.41, 5.74) is 1.43. The van der Waals surface area contributed by atoms with Gasteiger partial charge in [-0.15, -0.1) is 0 Å². The molecule has 1 atom stereocenters. The molecular weight excluding hydrogens is 264 g/mol. The number of hydrogen-bond donors (Lipinski definition) is 3. The fraction of sp³-hybridized carbons (Fsp3) is 0.375. The number of nitrogens with one attached hydrogen (secondary N) is 2. The Balaban J connectivity index is 2.39. The first-order valence-electron chi connectivity index (χ1n) is 7.10. The highest BCUT2D eigenvalue weighted by Crippen LogP contribution is 2.28. The van der Waals surface area contributed by atoms with Crippen LogP contribution in [0.2, 0.25) is 0 Å². The maximum Gasteiger partial charge on any atom is 0.135 e. The minimum absolute atomic E-state index is 0.0287. The van der Waals surface area contributed by atoms with Gasteiger partial charge in [0.25, 0.3) is 0 Å². The molecule has 1 unspecified atom stereocenters. The lowest BCUT2D eigenvalue weighted by molar-refractivity contribution is 0.223. The second-order valence-corrected chi connectivity index (χ2v) is 5.13. The molecule has 0 aliphatic heterocycles. The number of benzene rings is 1. The number of aromatic nitrogens is 2. The molecule has 0 saturated heterocycles. The molecule has 1 aromatic carbocycles. The summed E-state index contributed by atoms with van der Waals surface area (Å²) in [6, 6.07) is 9.88. The summed E-state index contributed by atoms with van der Waals surface area (Å²) in [6.45, 7) is 3.99. The number of anilines is 2. The zero-order chi connectivity index (χ0) is 15.3. The monoisotopic (exact) mass is 286 g/mol. The molecule has 1 heterocycles. The van der Waals surface area contributed by atoms with Crippen molar-refractivity contribution >= 4 is 11.6 Å². The number of rotatable bonds is 6. The largest absolute Gasteiger partial charge is 0.394 e. The van der Waals surface area contributed by atoms with E-state index in [1.807, 2.05) is 44.3 Å². The van der Waals surface area contributed by atoms with Crippen LogP contribution in [-0.4, -0.2) is 28.7 Å². The summed E-state index contributed by atoms with van der Waals surface area (Å²) >= 11 is 0. The van der Waals surface area contributed by atoms with Crippen LogP contribution in [0.3, 0.4) is 0 Å². The third-order valence-corrected chi connectivity index (χ3v) is 3.66. The first-order chi connectivity index (χ1) is 10.1. The quantitative estimate of drug-likeness (QED) is 0.760. The van der Waals surface area contributed by atoms with Gasteiger partial charge in [-0.3, -0.25) is 0 Å². The summed E-state index contributed by atoms with van der Waals surface area (Å²) in [5, 5.41) is 16.3. The number of aliphatic hydroxyl groups is 1. The van der Waals surface area contributed by atoms with Gasteiger partial charge in [-0.05, 0) is 18.9 Å². The van der Waals surface area contributed by atoms with Gasteiger partial charge in [-0.1, -0.05) is 37.3 Å². The molecular formula is C16H22N4O. The van der Waals surface area contributed by atoms with Gasteiger partial charge in [0.05, 0.1) is 12.1 Å². The van der Waals surface area contributed by atoms with Gasteiger partial charge in [0.15, 0.2) is 0 Å². The zero-order valence-electron chi connectivity index (χ0n) is 12.7. The molecule has 0 aliphatic rings. The third-order valence-electron chi connectivity index (χ3n) is 3.66. The minimum Gasteiger partial charge on any atom is -0.394 e. The van der Waals surface area contributed by atoms with Gasteiger partial charge in [0.1, 0.15) is 18.0 Å². The topological polar surface area (TPSA) is 70.1 Å². The molecule has 0 radical (unpaired) electrons. The highest BCUT2D eigenvalue weighted by atomic mass is 16.3. The van der Waals surface area contributed by atoms with Gasteiger partial charge in [-0.2, -0.15) is 0 Å². The SMILES string of the molecule is CCc1c(NC)ncnc1NC(C)(CO)c1ccccc1. The Morgan fingerprint density at radius 2 is 1.81 bits per heavy atom. The van der Waals surface area contributed by atoms with Crippen LogP contribution in [-0.2, 0) is 12.0 Å². The molecule has 1 aromatic heterocycles. The van der Waals surface area contributed by atoms with Crippen molar-refractivity contribution in [2.45, 2.75) is 25.8 Å². The average Bonchev–Trinajstić information content (AvgIpc) is 2.55. The first-order valence-corrected chi connectivity index (χ1v) is 7.10. The summed E-state index contributed by atoms with van der Waals surface area (Å²) < 4.78 is 0. The molecule has 112 valence electrons. The van der Waals surface area contributed by atoms with E-state index < -0.39 is 5.54 Å². The van der Waals surface area contributed by atoms with E-state index in [1.165, 1.54) is 6.33 Å². The number of aliphatic hydroxyl groups excluding tert-OH is 1. The number of hydrogen-bond acceptors (Lipinski definition) is 5. The van der Waals surface area contributed by atoms with Crippen molar-refractivity contribution in [3.63, 3.8) is 0 Å². The smallest absolute Gasteiger partial charge is 0.135 e. The molecule has 5 heteroatoms. The average molecular weight is 286 g/mol. The van der Waals surface area contributed by atoms with Crippen molar-refractivity contribution in [3.8, 4) is 0 Å². The Kier molecular flexibility index (Phi) is 4.75. The van der Waals surface area contributed by atoms with Crippen LogP contribution in [0.5, 0.6) is 0 Å². The molecule has 0 saturated carbocycles. The predicted molar refractivity (Wildman–Crippen MR) is 85.5 cm³/mol. The third kappa shape index (κ3) is 3.13. The van der Waals surface area contributed by atoms with Crippen LogP contribution >= 0.6 is 0 Å². The van der Waals surface area contributed by atoms with Crippen LogP contribution in [0.1, 0.15) is 25.0 Å². The van der Waals surface area contributed by atoms with Crippen molar-refractivity contribution in [3.05, 3.63) is 47.8 Å². The van der Waals surface area contributed by atoms with Gasteiger partial charge in [0, 0.05) is 12.6 Å². The van der Waals surface area contributed by atoms with E-state index in [4.69, 9.17) is 0 Å². The van der Waals surface area contributed by atoms with Crippen molar-refractivity contribution in [2.75, 3.05) is 24.3 Å². The van der Waals surface area contributed by atoms with E-state index >= 15 is 0 Å². The van der Waals surface area contributed by atoms with E-state index in [2.05, 4.69) is 27.5 Å². The van der Waals surface area contributed by atoms with E-state index in [-0.39, 0.29) is 6.61 Å². The highest BCUT2D eigenvalue weighted by Gasteiger charge is 2.27. The Bertz CT molecular complexity index is 588. The predicted octanol–water partition coefficient (Wildman–Crippen LogP) is 2.40. The lowest BCUT2D eigenvalue weighted by atomic mass is 9.92. The van der Waals surface area contributed by atoms with Crippen LogP contribution in [0.15, 0.2) is 36.7 Å². The fourth-order valence-electron chi connectivity index (χ4n) is 2.34. The van der Waals surface area contributed by atoms with E-state index in [9.17, 15) is 5.11 Å². The second-order valence-electron chi connectivity index (χ2n) is 5.13. The molecule has 0 aliphatic carbocycles. The van der Waals surface area contributed by atoms with Crippen LogP contribution in [0.25, 0.3) is 0 Å². The minimum atomic E-state index is -0.593. The maximum absolute atomic E-state index is 9.87. The Labute approximate surface area is 125 Å². The summed E-state index contributed by atoms with van der Waals surface area (Å²) in [7, 11) is 1.84. The van der Waals surface area contributed by atoms with Crippen LogP contribution < -0.4 is 10.6 Å². The summed E-state index contributed by atoms with van der Waals surface area (Å²) in [5.74, 6) is 1.56. The summed E-state index contributed by atoms with van der Waals surface area (Å²) in [6.07, 6.45) is 2.33. The van der Waals surface area contributed by atoms with Crippen molar-refractivity contribution < 1.29 is 5.11 Å². The number of nitrogens with zero attached hydrogens (tertiary/aromatic N) is 2. The zero-order valence-corrected chi connectivity index (χ0v) is 12.7. The Morgan fingerprint density at radius 1 is 1.14 bits per heavy atom. The van der Waals surface area contributed by atoms with Gasteiger partial charge in [-0.25, -0.2) is 9.97 Å². The van der Waals surface area contributed by atoms with Crippen molar-refractivity contribution in [2.24, 2.45) is 0 Å². The van der Waals surface area contributed by atoms with Gasteiger partial charge >= 0.3 is 0 Å². The van der Waals surface area contributed by atoms with Crippen LogP contribution in [0.4, 0.5) is 11.6 Å². The van der Waals surface area contributed by atoms with Crippen molar-refractivity contribution in [1.29, 1.82) is 0 Å². The first kappa shape index (κ1) is 15.3. The molecule has 0 bridgehead atoms. The fourth-order valence-corrected chi connectivity index (χ4v) is 2.34. The van der Waals surface area contributed by atoms with Crippen LogP contribution in [0, 0.1) is 0 Å². The lowest BCUT2D eigenvalue weighted by Gasteiger charge is -2.31. The molecule has 0 spiro atoms. The van der Waals surface area contributed by atoms with E-state index in [0.717, 1.165) is 29.2 Å². The standard InChI is InChI=1S/C16H22N4O/c1-4-13-14(17-3)18-11-19-15(13)20-16(2,10-21)12-8-6-5-7-9-12/h5-9,11,21H,4,10H2,1-3H3,(H2,17,18,19,20). The Hall–Kier alpha value is -2.14. The maximum atomic E-state index is 9.87. The molecule has 3 N–H and O–H groups in total. The molecule has 2 aromatic rings. The molecule has 21 heavy (non-hydrogen) atoms. The molecule has 0 amide bonds. The lowest BCUT2D eigenvalue weighted by Crippen LogP contribution is -2.36. The normalized spacial score (nSPS) is 13.5. The van der Waals surface area contributed by atoms with E-state index in [1.54, 1.807) is 0 Å². The van der Waals surface area contributed by atoms with Gasteiger partial charge in [0.2, 0.25) is 0 Å². The highest BCUT2D eigenvalue weighted by molar-refractivity contribution is 5.58. The van der Waals surface area contributed by atoms with Gasteiger partial charge < -0.3 is 15.7 Å². The second kappa shape index (κ2) is 6.54.